The molecule has 2 heterocycles. The molecule has 2 aromatic rings. The Balaban J connectivity index is 1.40. The third kappa shape index (κ3) is 4.04. The van der Waals surface area contributed by atoms with Crippen molar-refractivity contribution in [3.05, 3.63) is 53.6 Å². The minimum atomic E-state index is -4.08. The van der Waals surface area contributed by atoms with Crippen molar-refractivity contribution in [2.24, 2.45) is 10.9 Å². The van der Waals surface area contributed by atoms with E-state index >= 15 is 0 Å². The summed E-state index contributed by atoms with van der Waals surface area (Å²) in [6.07, 6.45) is -3.75. The minimum absolute atomic E-state index is 0.163. The maximum atomic E-state index is 12.8. The van der Waals surface area contributed by atoms with E-state index in [4.69, 9.17) is 0 Å². The average molecular weight is 402 g/mol. The molecule has 29 heavy (non-hydrogen) atoms. The molecule has 0 spiro atoms. The zero-order valence-electron chi connectivity index (χ0n) is 16.6. The molecule has 4 rings (SSSR count). The van der Waals surface area contributed by atoms with Crippen LogP contribution in [-0.2, 0) is 6.54 Å². The van der Waals surface area contributed by atoms with Crippen molar-refractivity contribution in [1.29, 1.82) is 0 Å². The fourth-order valence-electron chi connectivity index (χ4n) is 4.23. The van der Waals surface area contributed by atoms with Gasteiger partial charge in [0.2, 0.25) is 0 Å². The summed E-state index contributed by atoms with van der Waals surface area (Å²) >= 11 is 0. The lowest BCUT2D eigenvalue weighted by Gasteiger charge is -2.34. The Labute approximate surface area is 169 Å². The van der Waals surface area contributed by atoms with E-state index in [-0.39, 0.29) is 12.8 Å². The number of anilines is 3. The fraction of sp³-hybridized carbons (Fsp3) is 0.409. The molecule has 2 aliphatic rings. The van der Waals surface area contributed by atoms with Gasteiger partial charge in [0.15, 0.2) is 0 Å². The summed E-state index contributed by atoms with van der Waals surface area (Å²) in [6.45, 7) is 1.72. The molecule has 1 fully saturated rings. The second-order valence-electron chi connectivity index (χ2n) is 7.75. The van der Waals surface area contributed by atoms with E-state index in [9.17, 15) is 13.2 Å². The van der Waals surface area contributed by atoms with Crippen molar-refractivity contribution in [2.75, 3.05) is 37.4 Å². The van der Waals surface area contributed by atoms with Gasteiger partial charge in [0.1, 0.15) is 5.84 Å². The van der Waals surface area contributed by atoms with Gasteiger partial charge in [-0.1, -0.05) is 0 Å². The third-order valence-electron chi connectivity index (χ3n) is 5.81. The van der Waals surface area contributed by atoms with Crippen molar-refractivity contribution in [1.82, 2.24) is 4.90 Å². The van der Waals surface area contributed by atoms with Gasteiger partial charge in [0, 0.05) is 56.4 Å². The van der Waals surface area contributed by atoms with Crippen LogP contribution in [-0.4, -0.2) is 44.1 Å². The Bertz CT molecular complexity index is 897. The van der Waals surface area contributed by atoms with Gasteiger partial charge in [-0.05, 0) is 60.9 Å². The Kier molecular flexibility index (Phi) is 5.15. The molecular formula is C22H25F3N4. The van der Waals surface area contributed by atoms with E-state index in [2.05, 4.69) is 27.3 Å². The van der Waals surface area contributed by atoms with Crippen LogP contribution in [0.5, 0.6) is 0 Å². The van der Waals surface area contributed by atoms with E-state index < -0.39 is 12.1 Å². The molecule has 0 atom stereocenters. The molecule has 0 radical (unpaired) electrons. The van der Waals surface area contributed by atoms with Gasteiger partial charge < -0.3 is 15.1 Å². The molecule has 1 saturated heterocycles. The first-order valence-electron chi connectivity index (χ1n) is 9.85. The molecule has 0 aromatic heterocycles. The van der Waals surface area contributed by atoms with Crippen molar-refractivity contribution in [3.8, 4) is 0 Å². The molecule has 2 aliphatic heterocycles. The topological polar surface area (TPSA) is 30.9 Å². The number of benzene rings is 2. The molecule has 4 nitrogen and oxygen atoms in total. The predicted molar refractivity (Wildman–Crippen MR) is 111 cm³/mol. The van der Waals surface area contributed by atoms with Crippen LogP contribution in [0.25, 0.3) is 0 Å². The second-order valence-corrected chi connectivity index (χ2v) is 7.75. The average Bonchev–Trinajstić information content (AvgIpc) is 3.02. The summed E-state index contributed by atoms with van der Waals surface area (Å²) in [5.41, 5.74) is 5.33. The van der Waals surface area contributed by atoms with Gasteiger partial charge >= 0.3 is 6.18 Å². The third-order valence-corrected chi connectivity index (χ3v) is 5.81. The van der Waals surface area contributed by atoms with Gasteiger partial charge in [-0.3, -0.25) is 4.99 Å². The van der Waals surface area contributed by atoms with Crippen LogP contribution in [0.2, 0.25) is 0 Å². The minimum Gasteiger partial charge on any atom is -0.372 e. The monoisotopic (exact) mass is 402 g/mol. The van der Waals surface area contributed by atoms with Gasteiger partial charge in [-0.2, -0.15) is 13.2 Å². The van der Waals surface area contributed by atoms with Crippen LogP contribution in [0.15, 0.2) is 47.5 Å². The molecule has 1 N–H and O–H groups in total. The van der Waals surface area contributed by atoms with Crippen LogP contribution in [0.3, 0.4) is 0 Å². The number of fused-ring (bicyclic) bond motifs is 1. The van der Waals surface area contributed by atoms with E-state index in [1.165, 1.54) is 5.56 Å². The number of piperidine rings is 1. The Morgan fingerprint density at radius 3 is 2.28 bits per heavy atom. The number of hydrogen-bond donors (Lipinski definition) is 1. The van der Waals surface area contributed by atoms with Crippen LogP contribution >= 0.6 is 0 Å². The van der Waals surface area contributed by atoms with E-state index in [1.54, 1.807) is 7.05 Å². The van der Waals surface area contributed by atoms with Gasteiger partial charge in [0.05, 0.1) is 5.92 Å². The zero-order valence-corrected chi connectivity index (χ0v) is 16.6. The number of nitrogens with zero attached hydrogens (tertiary/aromatic N) is 3. The maximum Gasteiger partial charge on any atom is 0.391 e. The number of halogens is 3. The SMILES string of the molecule is C/N=C1\c2ccc(Nc3ccc(N4CCC(C(F)(F)F)CC4)cc3)cc2CN1C. The summed E-state index contributed by atoms with van der Waals surface area (Å²) in [7, 11) is 3.84. The predicted octanol–water partition coefficient (Wildman–Crippen LogP) is 5.03. The van der Waals surface area contributed by atoms with Crippen LogP contribution < -0.4 is 10.2 Å². The number of aliphatic imine (C=N–C) groups is 1. The lowest BCUT2D eigenvalue weighted by molar-refractivity contribution is -0.179. The highest BCUT2D eigenvalue weighted by Gasteiger charge is 2.41. The molecule has 0 saturated carbocycles. The number of alkyl halides is 3. The highest BCUT2D eigenvalue weighted by molar-refractivity contribution is 6.02. The Hall–Kier alpha value is -2.70. The van der Waals surface area contributed by atoms with Crippen molar-refractivity contribution in [2.45, 2.75) is 25.6 Å². The first kappa shape index (κ1) is 19.6. The summed E-state index contributed by atoms with van der Waals surface area (Å²) in [5, 5.41) is 3.41. The van der Waals surface area contributed by atoms with Crippen LogP contribution in [0.4, 0.5) is 30.2 Å². The lowest BCUT2D eigenvalue weighted by Crippen LogP contribution is -2.38. The number of hydrogen-bond acceptors (Lipinski definition) is 3. The van der Waals surface area contributed by atoms with E-state index in [0.29, 0.717) is 13.1 Å². The normalized spacial score (nSPS) is 19.0. The molecule has 0 amide bonds. The lowest BCUT2D eigenvalue weighted by atomic mass is 9.96. The molecule has 154 valence electrons. The van der Waals surface area contributed by atoms with Crippen LogP contribution in [0.1, 0.15) is 24.0 Å². The van der Waals surface area contributed by atoms with E-state index in [1.807, 2.05) is 42.3 Å². The Morgan fingerprint density at radius 2 is 1.66 bits per heavy atom. The maximum absolute atomic E-state index is 12.8. The zero-order chi connectivity index (χ0) is 20.6. The highest BCUT2D eigenvalue weighted by atomic mass is 19.4. The van der Waals surface area contributed by atoms with Crippen molar-refractivity contribution in [3.63, 3.8) is 0 Å². The summed E-state index contributed by atoms with van der Waals surface area (Å²) in [6, 6.07) is 14.2. The number of rotatable bonds is 3. The summed E-state index contributed by atoms with van der Waals surface area (Å²) in [4.78, 5) is 8.51. The second kappa shape index (κ2) is 7.61. The highest BCUT2D eigenvalue weighted by Crippen LogP contribution is 2.35. The molecule has 7 heteroatoms. The van der Waals surface area contributed by atoms with Gasteiger partial charge in [-0.25, -0.2) is 0 Å². The first-order valence-corrected chi connectivity index (χ1v) is 9.85. The molecule has 0 aliphatic carbocycles. The summed E-state index contributed by atoms with van der Waals surface area (Å²) < 4.78 is 38.5. The van der Waals surface area contributed by atoms with E-state index in [0.717, 1.165) is 35.0 Å². The van der Waals surface area contributed by atoms with Crippen molar-refractivity contribution >= 4 is 22.9 Å². The quantitative estimate of drug-likeness (QED) is 0.781. The molecule has 0 bridgehead atoms. The van der Waals surface area contributed by atoms with Gasteiger partial charge in [-0.15, -0.1) is 0 Å². The number of amidine groups is 1. The van der Waals surface area contributed by atoms with Crippen LogP contribution in [0, 0.1) is 5.92 Å². The molecule has 0 unspecified atom stereocenters. The summed E-state index contributed by atoms with van der Waals surface area (Å²) in [5.74, 6) is -0.165. The standard InChI is InChI=1S/C22H25F3N4/c1-26-21-20-8-5-18(13-15(20)14-28(21)2)27-17-3-6-19(7-4-17)29-11-9-16(10-12-29)22(23,24)25/h3-8,13,16,27H,9-12,14H2,1-2H3/b26-21+. The van der Waals surface area contributed by atoms with Gasteiger partial charge in [0.25, 0.3) is 0 Å². The first-order chi connectivity index (χ1) is 13.8. The fourth-order valence-corrected chi connectivity index (χ4v) is 4.23. The van der Waals surface area contributed by atoms with Crippen molar-refractivity contribution < 1.29 is 13.2 Å². The Morgan fingerprint density at radius 1 is 1.00 bits per heavy atom. The largest absolute Gasteiger partial charge is 0.391 e. The smallest absolute Gasteiger partial charge is 0.372 e. The number of nitrogens with one attached hydrogen (secondary N) is 1. The molecular weight excluding hydrogens is 377 g/mol. The molecule has 2 aromatic carbocycles.